The van der Waals surface area contributed by atoms with E-state index in [0.29, 0.717) is 12.8 Å². The van der Waals surface area contributed by atoms with Crippen molar-refractivity contribution < 1.29 is 35.1 Å². The van der Waals surface area contributed by atoms with Gasteiger partial charge in [0.2, 0.25) is 0 Å². The number of aliphatic hydroxyl groups is 5. The van der Waals surface area contributed by atoms with Crippen molar-refractivity contribution in [3.63, 3.8) is 0 Å². The average molecular weight is 307 g/mol. The molecule has 0 spiro atoms. The highest BCUT2D eigenvalue weighted by Crippen LogP contribution is 2.06. The maximum absolute atomic E-state index is 11.5. The van der Waals surface area contributed by atoms with Gasteiger partial charge in [-0.2, -0.15) is 0 Å². The largest absolute Gasteiger partial charge is 0.388 e. The Morgan fingerprint density at radius 3 is 2.05 bits per heavy atom. The van der Waals surface area contributed by atoms with Crippen molar-refractivity contribution in [2.24, 2.45) is 0 Å². The number of nitrogens with one attached hydrogen (secondary N) is 2. The quantitative estimate of drug-likeness (QED) is 0.215. The lowest BCUT2D eigenvalue weighted by atomic mass is 10.00. The molecule has 7 N–H and O–H groups in total. The molecule has 9 heteroatoms. The molecule has 0 fully saturated rings. The summed E-state index contributed by atoms with van der Waals surface area (Å²) in [4.78, 5) is 22.5. The molecule has 1 amide bonds. The number of rotatable bonds is 11. The van der Waals surface area contributed by atoms with Crippen molar-refractivity contribution in [2.45, 2.75) is 43.7 Å². The highest BCUT2D eigenvalue weighted by atomic mass is 16.4. The Morgan fingerprint density at radius 1 is 0.952 bits per heavy atom. The van der Waals surface area contributed by atoms with Crippen LogP contribution in [0.4, 0.5) is 0 Å². The van der Waals surface area contributed by atoms with Crippen molar-refractivity contribution in [1.82, 2.24) is 11.1 Å². The number of ketones is 1. The van der Waals surface area contributed by atoms with Crippen molar-refractivity contribution in [1.29, 1.82) is 0 Å². The molecule has 0 aromatic heterocycles. The molecular weight excluding hydrogens is 284 g/mol. The SMILES string of the molecule is [NH]CCCCCNC(=O)[C@@H](O)[C@H](O)[C@H](O)[C@@H](O)C(=O)CO. The molecule has 0 heterocycles. The van der Waals surface area contributed by atoms with Crippen LogP contribution in [0, 0.1) is 0 Å². The van der Waals surface area contributed by atoms with Crippen LogP contribution in [0.1, 0.15) is 19.3 Å². The summed E-state index contributed by atoms with van der Waals surface area (Å²) in [6, 6.07) is 0. The minimum atomic E-state index is -2.09. The monoisotopic (exact) mass is 307 g/mol. The number of hydrogen-bond donors (Lipinski definition) is 6. The molecular formula is C12H23N2O7. The van der Waals surface area contributed by atoms with E-state index in [1.54, 1.807) is 0 Å². The molecule has 0 aliphatic carbocycles. The van der Waals surface area contributed by atoms with Gasteiger partial charge in [-0.25, -0.2) is 0 Å². The Balaban J connectivity index is 4.25. The predicted molar refractivity (Wildman–Crippen MR) is 70.9 cm³/mol. The predicted octanol–water partition coefficient (Wildman–Crippen LogP) is -3.44. The Labute approximate surface area is 122 Å². The van der Waals surface area contributed by atoms with Crippen LogP contribution >= 0.6 is 0 Å². The summed E-state index contributed by atoms with van der Waals surface area (Å²) in [5.41, 5.74) is 6.93. The smallest absolute Gasteiger partial charge is 0.251 e. The van der Waals surface area contributed by atoms with Gasteiger partial charge >= 0.3 is 0 Å². The van der Waals surface area contributed by atoms with E-state index in [1.807, 2.05) is 0 Å². The molecule has 4 atom stereocenters. The van der Waals surface area contributed by atoms with Gasteiger partial charge < -0.3 is 30.8 Å². The summed E-state index contributed by atoms with van der Waals surface area (Å²) in [5.74, 6) is -2.08. The van der Waals surface area contributed by atoms with Gasteiger partial charge in [-0.15, -0.1) is 0 Å². The molecule has 0 saturated heterocycles. The molecule has 0 saturated carbocycles. The average Bonchev–Trinajstić information content (AvgIpc) is 2.50. The molecule has 0 aromatic carbocycles. The summed E-state index contributed by atoms with van der Waals surface area (Å²) >= 11 is 0. The molecule has 0 bridgehead atoms. The number of amides is 1. The van der Waals surface area contributed by atoms with Gasteiger partial charge in [0.15, 0.2) is 11.9 Å². The minimum Gasteiger partial charge on any atom is -0.388 e. The fourth-order valence-corrected chi connectivity index (χ4v) is 1.56. The van der Waals surface area contributed by atoms with Crippen molar-refractivity contribution in [3.8, 4) is 0 Å². The maximum Gasteiger partial charge on any atom is 0.251 e. The Bertz CT molecular complexity index is 327. The van der Waals surface area contributed by atoms with E-state index >= 15 is 0 Å². The van der Waals surface area contributed by atoms with Crippen molar-refractivity contribution >= 4 is 11.7 Å². The second-order valence-electron chi connectivity index (χ2n) is 4.60. The Kier molecular flexibility index (Phi) is 10.0. The zero-order valence-corrected chi connectivity index (χ0v) is 11.6. The topological polar surface area (TPSA) is 171 Å². The summed E-state index contributed by atoms with van der Waals surface area (Å²) in [5, 5.41) is 48.6. The van der Waals surface area contributed by atoms with Crippen LogP contribution in [0.3, 0.4) is 0 Å². The third-order valence-electron chi connectivity index (χ3n) is 2.90. The van der Waals surface area contributed by atoms with Crippen LogP contribution in [0.25, 0.3) is 0 Å². The van der Waals surface area contributed by atoms with Gasteiger partial charge in [0, 0.05) is 13.1 Å². The van der Waals surface area contributed by atoms with Gasteiger partial charge in [-0.1, -0.05) is 6.42 Å². The molecule has 0 aliphatic rings. The number of hydrogen-bond acceptors (Lipinski definition) is 7. The molecule has 0 aliphatic heterocycles. The lowest BCUT2D eigenvalue weighted by molar-refractivity contribution is -0.155. The van der Waals surface area contributed by atoms with Gasteiger partial charge in [-0.05, 0) is 12.8 Å². The van der Waals surface area contributed by atoms with E-state index in [2.05, 4.69) is 5.32 Å². The Morgan fingerprint density at radius 2 is 1.52 bits per heavy atom. The molecule has 21 heavy (non-hydrogen) atoms. The Hall–Kier alpha value is -1.10. The van der Waals surface area contributed by atoms with E-state index in [-0.39, 0.29) is 13.1 Å². The lowest BCUT2D eigenvalue weighted by Crippen LogP contribution is -2.53. The molecule has 0 aromatic rings. The summed E-state index contributed by atoms with van der Waals surface area (Å²) in [6.45, 7) is -0.516. The minimum absolute atomic E-state index is 0.233. The standard InChI is InChI=1S/C12H23N2O7/c13-4-2-1-3-5-14-12(21)11(20)10(19)9(18)8(17)7(16)6-15/h8-11,13,15,17-20H,1-6H2,(H,14,21)/t8-,9+,10+,11-/m0/s1. The lowest BCUT2D eigenvalue weighted by Gasteiger charge is -2.24. The highest BCUT2D eigenvalue weighted by Gasteiger charge is 2.36. The highest BCUT2D eigenvalue weighted by molar-refractivity contribution is 5.85. The van der Waals surface area contributed by atoms with Crippen LogP contribution in [-0.4, -0.2) is 81.3 Å². The van der Waals surface area contributed by atoms with Crippen molar-refractivity contribution in [2.75, 3.05) is 19.7 Å². The summed E-state index contributed by atoms with van der Waals surface area (Å²) < 4.78 is 0. The second kappa shape index (κ2) is 10.6. The molecule has 0 rings (SSSR count). The first-order valence-electron chi connectivity index (χ1n) is 6.65. The molecule has 1 radical (unpaired) electrons. The first-order chi connectivity index (χ1) is 9.86. The maximum atomic E-state index is 11.5. The zero-order chi connectivity index (χ0) is 16.4. The van der Waals surface area contributed by atoms with E-state index in [1.165, 1.54) is 0 Å². The zero-order valence-electron chi connectivity index (χ0n) is 11.6. The summed E-state index contributed by atoms with van der Waals surface area (Å²) in [6.07, 6.45) is -6.25. The van der Waals surface area contributed by atoms with E-state index in [9.17, 15) is 30.0 Å². The first kappa shape index (κ1) is 19.9. The van der Waals surface area contributed by atoms with Crippen LogP contribution in [-0.2, 0) is 9.59 Å². The number of unbranched alkanes of at least 4 members (excludes halogenated alkanes) is 2. The van der Waals surface area contributed by atoms with Crippen LogP contribution < -0.4 is 11.1 Å². The third kappa shape index (κ3) is 6.93. The van der Waals surface area contributed by atoms with Gasteiger partial charge in [-0.3, -0.25) is 15.3 Å². The van der Waals surface area contributed by atoms with Gasteiger partial charge in [0.1, 0.15) is 24.9 Å². The van der Waals surface area contributed by atoms with Gasteiger partial charge in [0.05, 0.1) is 0 Å². The van der Waals surface area contributed by atoms with E-state index < -0.39 is 42.7 Å². The first-order valence-corrected chi connectivity index (χ1v) is 6.65. The van der Waals surface area contributed by atoms with Crippen LogP contribution in [0.5, 0.6) is 0 Å². The van der Waals surface area contributed by atoms with Crippen LogP contribution in [0.2, 0.25) is 0 Å². The summed E-state index contributed by atoms with van der Waals surface area (Å²) in [7, 11) is 0. The van der Waals surface area contributed by atoms with E-state index in [4.69, 9.17) is 10.8 Å². The van der Waals surface area contributed by atoms with Crippen LogP contribution in [0.15, 0.2) is 0 Å². The number of carbonyl (C=O) groups is 2. The number of carbonyl (C=O) groups excluding carboxylic acids is 2. The fourth-order valence-electron chi connectivity index (χ4n) is 1.56. The van der Waals surface area contributed by atoms with Gasteiger partial charge in [0.25, 0.3) is 5.91 Å². The molecule has 123 valence electrons. The second-order valence-corrected chi connectivity index (χ2v) is 4.60. The normalized spacial score (nSPS) is 16.9. The molecule has 0 unspecified atom stereocenters. The number of aliphatic hydroxyl groups excluding tert-OH is 5. The third-order valence-corrected chi connectivity index (χ3v) is 2.90. The number of Topliss-reactive ketones (excluding diaryl/α,β-unsaturated/α-hetero) is 1. The van der Waals surface area contributed by atoms with Crippen molar-refractivity contribution in [3.05, 3.63) is 0 Å². The fraction of sp³-hybridized carbons (Fsp3) is 0.833. The molecule has 9 nitrogen and oxygen atoms in total. The van der Waals surface area contributed by atoms with E-state index in [0.717, 1.165) is 6.42 Å².